The number of fused-ring (bicyclic) bond motifs is 1. The molecule has 2 atom stereocenters. The van der Waals surface area contributed by atoms with Crippen LogP contribution in [0, 0.1) is 5.92 Å². The van der Waals surface area contributed by atoms with Crippen molar-refractivity contribution in [2.24, 2.45) is 10.9 Å². The molecule has 1 aromatic rings. The smallest absolute Gasteiger partial charge is 0.338 e. The Kier molecular flexibility index (Phi) is 8.41. The molecule has 192 valence electrons. The quantitative estimate of drug-likeness (QED) is 0.472. The molecular weight excluding hydrogens is 502 g/mol. The van der Waals surface area contributed by atoms with Gasteiger partial charge in [-0.2, -0.15) is 0 Å². The van der Waals surface area contributed by atoms with Gasteiger partial charge >= 0.3 is 11.9 Å². The molecule has 0 radical (unpaired) electrons. The van der Waals surface area contributed by atoms with Crippen molar-refractivity contribution in [3.05, 3.63) is 57.2 Å². The fourth-order valence-corrected chi connectivity index (χ4v) is 5.92. The fourth-order valence-electron chi connectivity index (χ4n) is 4.75. The molecular formula is C26H30ClN3O5S. The van der Waals surface area contributed by atoms with Crippen molar-refractivity contribution in [2.45, 2.75) is 46.1 Å². The van der Waals surface area contributed by atoms with Crippen LogP contribution in [0.25, 0.3) is 0 Å². The van der Waals surface area contributed by atoms with Crippen LogP contribution in [0.1, 0.15) is 51.6 Å². The normalized spacial score (nSPS) is 21.6. The lowest BCUT2D eigenvalue weighted by molar-refractivity contribution is -0.151. The molecule has 0 bridgehead atoms. The molecule has 4 rings (SSSR count). The lowest BCUT2D eigenvalue weighted by Crippen LogP contribution is -2.44. The number of rotatable bonds is 7. The van der Waals surface area contributed by atoms with Gasteiger partial charge in [0.2, 0.25) is 5.91 Å². The summed E-state index contributed by atoms with van der Waals surface area (Å²) >= 11 is 7.73. The minimum atomic E-state index is -0.530. The number of hydrogen-bond donors (Lipinski definition) is 0. The number of amidine groups is 1. The summed E-state index contributed by atoms with van der Waals surface area (Å²) < 4.78 is 10.6. The number of hydrogen-bond acceptors (Lipinski definition) is 8. The van der Waals surface area contributed by atoms with E-state index in [1.54, 1.807) is 31.7 Å². The second-order valence-corrected chi connectivity index (χ2v) is 10.0. The van der Waals surface area contributed by atoms with E-state index in [1.165, 1.54) is 11.8 Å². The summed E-state index contributed by atoms with van der Waals surface area (Å²) in [5.41, 5.74) is 2.54. The van der Waals surface area contributed by atoms with Gasteiger partial charge < -0.3 is 19.3 Å². The molecule has 10 heteroatoms. The molecule has 36 heavy (non-hydrogen) atoms. The van der Waals surface area contributed by atoms with E-state index < -0.39 is 12.0 Å². The Bertz CT molecular complexity index is 1150. The topological polar surface area (TPSA) is 88.5 Å². The molecule has 1 fully saturated rings. The molecule has 1 aromatic carbocycles. The SMILES string of the molecule is CCOC(=O)C1=C(C)N=C2SC=C(CC(=O)N3CCC[C@H](C(=O)OCC)C3)N2[C@H]1c1cccc(Cl)c1. The summed E-state index contributed by atoms with van der Waals surface area (Å²) in [5, 5.41) is 3.14. The maximum Gasteiger partial charge on any atom is 0.338 e. The van der Waals surface area contributed by atoms with Crippen molar-refractivity contribution in [3.63, 3.8) is 0 Å². The highest BCUT2D eigenvalue weighted by atomic mass is 35.5. The number of benzene rings is 1. The zero-order chi connectivity index (χ0) is 25.8. The number of thioether (sulfide) groups is 1. The number of piperidine rings is 1. The Balaban J connectivity index is 1.60. The second kappa shape index (κ2) is 11.5. The monoisotopic (exact) mass is 531 g/mol. The van der Waals surface area contributed by atoms with E-state index in [9.17, 15) is 14.4 Å². The molecule has 1 amide bonds. The van der Waals surface area contributed by atoms with Crippen molar-refractivity contribution < 1.29 is 23.9 Å². The van der Waals surface area contributed by atoms with Crippen LogP contribution < -0.4 is 0 Å². The van der Waals surface area contributed by atoms with Crippen LogP contribution in [0.3, 0.4) is 0 Å². The third kappa shape index (κ3) is 5.47. The zero-order valence-electron chi connectivity index (χ0n) is 20.7. The van der Waals surface area contributed by atoms with Gasteiger partial charge in [0, 0.05) is 23.8 Å². The zero-order valence-corrected chi connectivity index (χ0v) is 22.2. The Hall–Kier alpha value is -2.78. The first-order valence-corrected chi connectivity index (χ1v) is 13.4. The van der Waals surface area contributed by atoms with Gasteiger partial charge in [-0.05, 0) is 56.7 Å². The molecule has 3 aliphatic rings. The molecule has 0 unspecified atom stereocenters. The first-order chi connectivity index (χ1) is 17.3. The molecule has 0 N–H and O–H groups in total. The van der Waals surface area contributed by atoms with Crippen LogP contribution in [0.2, 0.25) is 5.02 Å². The van der Waals surface area contributed by atoms with E-state index in [0.29, 0.717) is 47.6 Å². The molecule has 1 saturated heterocycles. The average Bonchev–Trinajstić information content (AvgIpc) is 3.25. The maximum absolute atomic E-state index is 13.4. The van der Waals surface area contributed by atoms with E-state index >= 15 is 0 Å². The number of aliphatic imine (C=N–C) groups is 1. The number of ether oxygens (including phenoxy) is 2. The van der Waals surface area contributed by atoms with Crippen molar-refractivity contribution in [1.29, 1.82) is 0 Å². The lowest BCUT2D eigenvalue weighted by Gasteiger charge is -2.37. The number of allylic oxidation sites excluding steroid dienone is 1. The van der Waals surface area contributed by atoms with Gasteiger partial charge in [-0.3, -0.25) is 9.59 Å². The van der Waals surface area contributed by atoms with Crippen molar-refractivity contribution in [3.8, 4) is 0 Å². The van der Waals surface area contributed by atoms with Gasteiger partial charge in [0.15, 0.2) is 5.17 Å². The van der Waals surface area contributed by atoms with E-state index in [1.807, 2.05) is 28.5 Å². The molecule has 8 nitrogen and oxygen atoms in total. The summed E-state index contributed by atoms with van der Waals surface area (Å²) in [4.78, 5) is 47.0. The Morgan fingerprint density at radius 1 is 1.19 bits per heavy atom. The van der Waals surface area contributed by atoms with E-state index in [2.05, 4.69) is 4.99 Å². The largest absolute Gasteiger partial charge is 0.466 e. The van der Waals surface area contributed by atoms with E-state index in [-0.39, 0.29) is 30.8 Å². The average molecular weight is 532 g/mol. The van der Waals surface area contributed by atoms with E-state index in [0.717, 1.165) is 17.7 Å². The Morgan fingerprint density at radius 2 is 1.97 bits per heavy atom. The summed E-state index contributed by atoms with van der Waals surface area (Å²) in [5.74, 6) is -1.08. The highest BCUT2D eigenvalue weighted by molar-refractivity contribution is 8.16. The first-order valence-electron chi connectivity index (χ1n) is 12.1. The molecule has 0 aliphatic carbocycles. The summed E-state index contributed by atoms with van der Waals surface area (Å²) in [7, 11) is 0. The van der Waals surface area contributed by atoms with Crippen LogP contribution in [0.5, 0.6) is 0 Å². The first kappa shape index (κ1) is 26.3. The number of carbonyl (C=O) groups excluding carboxylic acids is 3. The Labute approximate surface area is 220 Å². The third-order valence-corrected chi connectivity index (χ3v) is 7.51. The fraction of sp³-hybridized carbons (Fsp3) is 0.462. The van der Waals surface area contributed by atoms with Crippen LogP contribution >= 0.6 is 23.4 Å². The van der Waals surface area contributed by atoms with Gasteiger partial charge in [0.05, 0.1) is 42.9 Å². The molecule has 3 heterocycles. The van der Waals surface area contributed by atoms with Gasteiger partial charge in [-0.25, -0.2) is 9.79 Å². The summed E-state index contributed by atoms with van der Waals surface area (Å²) in [6.45, 7) is 6.85. The van der Waals surface area contributed by atoms with Crippen molar-refractivity contribution >= 4 is 46.4 Å². The van der Waals surface area contributed by atoms with Crippen LogP contribution in [0.4, 0.5) is 0 Å². The lowest BCUT2D eigenvalue weighted by atomic mass is 9.93. The molecule has 3 aliphatic heterocycles. The maximum atomic E-state index is 13.4. The summed E-state index contributed by atoms with van der Waals surface area (Å²) in [6.07, 6.45) is 1.58. The van der Waals surface area contributed by atoms with E-state index in [4.69, 9.17) is 21.1 Å². The highest BCUT2D eigenvalue weighted by Crippen LogP contribution is 2.45. The van der Waals surface area contributed by atoms with Crippen molar-refractivity contribution in [2.75, 3.05) is 26.3 Å². The minimum Gasteiger partial charge on any atom is -0.466 e. The number of nitrogens with zero attached hydrogens (tertiary/aromatic N) is 3. The highest BCUT2D eigenvalue weighted by Gasteiger charge is 2.41. The number of likely N-dealkylation sites (tertiary alicyclic amines) is 1. The van der Waals surface area contributed by atoms with Gasteiger partial charge in [-0.15, -0.1) is 0 Å². The van der Waals surface area contributed by atoms with Crippen LogP contribution in [-0.2, 0) is 23.9 Å². The van der Waals surface area contributed by atoms with Gasteiger partial charge in [-0.1, -0.05) is 35.5 Å². The van der Waals surface area contributed by atoms with Gasteiger partial charge in [0.1, 0.15) is 0 Å². The third-order valence-electron chi connectivity index (χ3n) is 6.39. The standard InChI is InChI=1S/C26H30ClN3O5S/c1-4-34-24(32)18-9-7-11-29(14-18)21(31)13-20-15-36-26-28-16(3)22(25(33)35-5-2)23(30(20)26)17-8-6-10-19(27)12-17/h6,8,10,12,15,18,23H,4-5,7,9,11,13-14H2,1-3H3/t18-,23-/m0/s1. The minimum absolute atomic E-state index is 0.0779. The predicted octanol–water partition coefficient (Wildman–Crippen LogP) is 4.67. The summed E-state index contributed by atoms with van der Waals surface area (Å²) in [6, 6.07) is 6.81. The molecule has 0 aromatic heterocycles. The van der Waals surface area contributed by atoms with Gasteiger partial charge in [0.25, 0.3) is 0 Å². The number of esters is 2. The predicted molar refractivity (Wildman–Crippen MR) is 139 cm³/mol. The van der Waals surface area contributed by atoms with Crippen LogP contribution in [-0.4, -0.2) is 59.1 Å². The van der Waals surface area contributed by atoms with Crippen LogP contribution in [0.15, 0.2) is 51.6 Å². The number of amides is 1. The van der Waals surface area contributed by atoms with Crippen molar-refractivity contribution in [1.82, 2.24) is 9.80 Å². The number of carbonyl (C=O) groups is 3. The molecule has 0 saturated carbocycles. The number of halogens is 1. The molecule has 0 spiro atoms. The Morgan fingerprint density at radius 3 is 2.69 bits per heavy atom. The second-order valence-electron chi connectivity index (χ2n) is 8.78.